The van der Waals surface area contributed by atoms with Crippen molar-refractivity contribution in [1.82, 2.24) is 5.32 Å². The van der Waals surface area contributed by atoms with Gasteiger partial charge in [-0.2, -0.15) is 0 Å². The van der Waals surface area contributed by atoms with E-state index in [2.05, 4.69) is 15.4 Å². The van der Waals surface area contributed by atoms with Crippen molar-refractivity contribution in [3.05, 3.63) is 23.8 Å². The van der Waals surface area contributed by atoms with E-state index in [0.29, 0.717) is 6.54 Å². The largest absolute Gasteiger partial charge is 0.491 e. The number of rotatable bonds is 6. The Kier molecular flexibility index (Phi) is 6.58. The van der Waals surface area contributed by atoms with E-state index in [1.54, 1.807) is 0 Å². The summed E-state index contributed by atoms with van der Waals surface area (Å²) in [6, 6.07) is 1.52. The van der Waals surface area contributed by atoms with E-state index in [0.717, 1.165) is 44.4 Å². The second-order valence-corrected chi connectivity index (χ2v) is 5.48. The van der Waals surface area contributed by atoms with Gasteiger partial charge in [0.1, 0.15) is 0 Å². The van der Waals surface area contributed by atoms with Gasteiger partial charge in [-0.25, -0.2) is 13.6 Å². The van der Waals surface area contributed by atoms with Gasteiger partial charge in [-0.1, -0.05) is 0 Å². The molecule has 0 spiro atoms. The van der Waals surface area contributed by atoms with E-state index in [1.165, 1.54) is 13.5 Å². The summed E-state index contributed by atoms with van der Waals surface area (Å²) in [5.74, 6) is -2.20. The number of amides is 2. The molecule has 2 amide bonds. The first-order chi connectivity index (χ1) is 11.1. The van der Waals surface area contributed by atoms with Crippen molar-refractivity contribution >= 4 is 11.7 Å². The topological polar surface area (TPSA) is 59.6 Å². The first kappa shape index (κ1) is 17.5. The Bertz CT molecular complexity index is 511. The van der Waals surface area contributed by atoms with Gasteiger partial charge >= 0.3 is 6.03 Å². The number of urea groups is 1. The molecule has 0 unspecified atom stereocenters. The summed E-state index contributed by atoms with van der Waals surface area (Å²) in [6.45, 7) is 1.29. The van der Waals surface area contributed by atoms with Crippen LogP contribution in [-0.4, -0.2) is 32.4 Å². The standard InChI is InChI=1S/C16H22F2N2O3/c1-22-15-13(17)9-11(10-14(15)18)20-16(21)19-7-4-6-12-5-2-3-8-23-12/h9-10,12H,2-8H2,1H3,(H2,19,20,21)/t12-/m1/s1. The molecular weight excluding hydrogens is 306 g/mol. The van der Waals surface area contributed by atoms with Gasteiger partial charge in [0.25, 0.3) is 0 Å². The van der Waals surface area contributed by atoms with Crippen LogP contribution in [0.3, 0.4) is 0 Å². The number of nitrogens with one attached hydrogen (secondary N) is 2. The zero-order chi connectivity index (χ0) is 16.7. The van der Waals surface area contributed by atoms with Crippen LogP contribution in [0.15, 0.2) is 12.1 Å². The number of anilines is 1. The van der Waals surface area contributed by atoms with E-state index in [1.807, 2.05) is 0 Å². The van der Waals surface area contributed by atoms with Crippen LogP contribution >= 0.6 is 0 Å². The van der Waals surface area contributed by atoms with Crippen LogP contribution in [0.2, 0.25) is 0 Å². The molecule has 0 radical (unpaired) electrons. The van der Waals surface area contributed by atoms with Crippen LogP contribution in [0, 0.1) is 11.6 Å². The zero-order valence-corrected chi connectivity index (χ0v) is 13.2. The van der Waals surface area contributed by atoms with Gasteiger partial charge in [0.2, 0.25) is 0 Å². The Morgan fingerprint density at radius 1 is 1.35 bits per heavy atom. The summed E-state index contributed by atoms with van der Waals surface area (Å²) in [6.07, 6.45) is 5.34. The molecule has 2 rings (SSSR count). The normalized spacial score (nSPS) is 17.6. The average molecular weight is 328 g/mol. The fourth-order valence-corrected chi connectivity index (χ4v) is 2.57. The lowest BCUT2D eigenvalue weighted by molar-refractivity contribution is 0.0103. The van der Waals surface area contributed by atoms with Crippen molar-refractivity contribution in [2.24, 2.45) is 0 Å². The highest BCUT2D eigenvalue weighted by molar-refractivity contribution is 5.89. The monoisotopic (exact) mass is 328 g/mol. The number of methoxy groups -OCH3 is 1. The number of hydrogen-bond acceptors (Lipinski definition) is 3. The predicted octanol–water partition coefficient (Wildman–Crippen LogP) is 3.44. The maximum atomic E-state index is 13.5. The van der Waals surface area contributed by atoms with Gasteiger partial charge in [-0.15, -0.1) is 0 Å². The average Bonchev–Trinajstić information content (AvgIpc) is 2.52. The smallest absolute Gasteiger partial charge is 0.319 e. The van der Waals surface area contributed by atoms with E-state index in [4.69, 9.17) is 4.74 Å². The van der Waals surface area contributed by atoms with Crippen LogP contribution in [0.25, 0.3) is 0 Å². The summed E-state index contributed by atoms with van der Waals surface area (Å²) in [7, 11) is 1.18. The number of ether oxygens (including phenoxy) is 2. The van der Waals surface area contributed by atoms with Gasteiger partial charge in [0.15, 0.2) is 17.4 Å². The van der Waals surface area contributed by atoms with Crippen LogP contribution in [0.4, 0.5) is 19.3 Å². The molecule has 0 aliphatic carbocycles. The van der Waals surface area contributed by atoms with Crippen molar-refractivity contribution in [2.45, 2.75) is 38.2 Å². The van der Waals surface area contributed by atoms with Crippen LogP contribution in [0.1, 0.15) is 32.1 Å². The third-order valence-electron chi connectivity index (χ3n) is 3.72. The summed E-state index contributed by atoms with van der Waals surface area (Å²) in [5, 5.41) is 5.05. The number of carbonyl (C=O) groups is 1. The fourth-order valence-electron chi connectivity index (χ4n) is 2.57. The molecule has 0 saturated carbocycles. The second-order valence-electron chi connectivity index (χ2n) is 5.48. The number of carbonyl (C=O) groups excluding carboxylic acids is 1. The van der Waals surface area contributed by atoms with Crippen LogP contribution in [-0.2, 0) is 4.74 Å². The molecule has 1 aromatic carbocycles. The lowest BCUT2D eigenvalue weighted by Crippen LogP contribution is -2.30. The van der Waals surface area contributed by atoms with Gasteiger partial charge in [-0.3, -0.25) is 0 Å². The minimum atomic E-state index is -0.864. The van der Waals surface area contributed by atoms with E-state index >= 15 is 0 Å². The molecule has 1 aliphatic heterocycles. The van der Waals surface area contributed by atoms with E-state index in [-0.39, 0.29) is 11.8 Å². The molecule has 7 heteroatoms. The molecule has 1 heterocycles. The summed E-state index contributed by atoms with van der Waals surface area (Å²) >= 11 is 0. The molecule has 0 aromatic heterocycles. The Hall–Kier alpha value is -1.89. The first-order valence-electron chi connectivity index (χ1n) is 7.79. The Morgan fingerprint density at radius 2 is 2.09 bits per heavy atom. The molecule has 1 atom stereocenters. The molecular formula is C16H22F2N2O3. The Morgan fingerprint density at radius 3 is 2.70 bits per heavy atom. The van der Waals surface area contributed by atoms with Crippen molar-refractivity contribution in [3.63, 3.8) is 0 Å². The van der Waals surface area contributed by atoms with Crippen molar-refractivity contribution < 1.29 is 23.0 Å². The Labute approximate surface area is 134 Å². The third kappa shape index (κ3) is 5.35. The highest BCUT2D eigenvalue weighted by atomic mass is 19.1. The second kappa shape index (κ2) is 8.67. The van der Waals surface area contributed by atoms with Gasteiger partial charge in [0.05, 0.1) is 13.2 Å². The van der Waals surface area contributed by atoms with Gasteiger partial charge in [-0.05, 0) is 32.1 Å². The highest BCUT2D eigenvalue weighted by Crippen LogP contribution is 2.25. The number of hydrogen-bond donors (Lipinski definition) is 2. The fraction of sp³-hybridized carbons (Fsp3) is 0.562. The first-order valence-corrected chi connectivity index (χ1v) is 7.79. The lowest BCUT2D eigenvalue weighted by atomic mass is 10.0. The predicted molar refractivity (Wildman–Crippen MR) is 82.8 cm³/mol. The SMILES string of the molecule is COc1c(F)cc(NC(=O)NCCC[C@H]2CCCCO2)cc1F. The van der Waals surface area contributed by atoms with E-state index < -0.39 is 23.4 Å². The van der Waals surface area contributed by atoms with Crippen molar-refractivity contribution in [1.29, 1.82) is 0 Å². The van der Waals surface area contributed by atoms with Crippen molar-refractivity contribution in [3.8, 4) is 5.75 Å². The molecule has 1 aliphatic rings. The lowest BCUT2D eigenvalue weighted by Gasteiger charge is -2.22. The molecule has 2 N–H and O–H groups in total. The Balaban J connectivity index is 1.72. The molecule has 5 nitrogen and oxygen atoms in total. The molecule has 1 saturated heterocycles. The highest BCUT2D eigenvalue weighted by Gasteiger charge is 2.14. The quantitative estimate of drug-likeness (QED) is 0.787. The maximum Gasteiger partial charge on any atom is 0.319 e. The maximum absolute atomic E-state index is 13.5. The molecule has 128 valence electrons. The summed E-state index contributed by atoms with van der Waals surface area (Å²) in [5.41, 5.74) is 0.0360. The molecule has 1 fully saturated rings. The minimum Gasteiger partial charge on any atom is -0.491 e. The minimum absolute atomic E-state index is 0.0360. The van der Waals surface area contributed by atoms with E-state index in [9.17, 15) is 13.6 Å². The van der Waals surface area contributed by atoms with Gasteiger partial charge in [0, 0.05) is 31.0 Å². The van der Waals surface area contributed by atoms with Crippen LogP contribution < -0.4 is 15.4 Å². The van der Waals surface area contributed by atoms with Crippen molar-refractivity contribution in [2.75, 3.05) is 25.6 Å². The molecule has 1 aromatic rings. The van der Waals surface area contributed by atoms with Gasteiger partial charge < -0.3 is 20.1 Å². The third-order valence-corrected chi connectivity index (χ3v) is 3.72. The summed E-state index contributed by atoms with van der Waals surface area (Å²) in [4.78, 5) is 11.7. The summed E-state index contributed by atoms with van der Waals surface area (Å²) < 4.78 is 37.2. The number of halogens is 2. The molecule has 0 bridgehead atoms. The zero-order valence-electron chi connectivity index (χ0n) is 13.2. The van der Waals surface area contributed by atoms with Crippen LogP contribution in [0.5, 0.6) is 5.75 Å². The molecule has 23 heavy (non-hydrogen) atoms. The number of benzene rings is 1.